The van der Waals surface area contributed by atoms with Crippen molar-refractivity contribution in [2.75, 3.05) is 11.9 Å². The second-order valence-corrected chi connectivity index (χ2v) is 6.39. The number of nitrogens with zero attached hydrogens (tertiary/aromatic N) is 1. The molecule has 0 bridgehead atoms. The van der Waals surface area contributed by atoms with E-state index in [1.807, 2.05) is 0 Å². The largest absolute Gasteiger partial charge is 0.368 e. The van der Waals surface area contributed by atoms with E-state index in [0.717, 1.165) is 12.1 Å². The molecule has 1 fully saturated rings. The highest BCUT2D eigenvalue weighted by atomic mass is 16.5. The first kappa shape index (κ1) is 14.9. The van der Waals surface area contributed by atoms with Gasteiger partial charge in [-0.25, -0.2) is 0 Å². The molecule has 2 heterocycles. The third-order valence-electron chi connectivity index (χ3n) is 3.55. The normalized spacial score (nSPS) is 23.5. The summed E-state index contributed by atoms with van der Waals surface area (Å²) in [6.45, 7) is 8.54. The number of hydrogen-bond donors (Lipinski definition) is 2. The Hall–Kier alpha value is -1.46. The van der Waals surface area contributed by atoms with Crippen LogP contribution in [0.2, 0.25) is 0 Å². The van der Waals surface area contributed by atoms with Gasteiger partial charge in [-0.1, -0.05) is 0 Å². The molecule has 1 aromatic rings. The summed E-state index contributed by atoms with van der Waals surface area (Å²) in [4.78, 5) is 15.8. The van der Waals surface area contributed by atoms with Gasteiger partial charge in [-0.2, -0.15) is 0 Å². The smallest absolute Gasteiger partial charge is 0.238 e. The average Bonchev–Trinajstić information content (AvgIpc) is 2.55. The van der Waals surface area contributed by atoms with Crippen molar-refractivity contribution in [3.05, 3.63) is 24.5 Å². The van der Waals surface area contributed by atoms with Gasteiger partial charge < -0.3 is 15.4 Å². The molecular formula is C15H23N3O2. The number of aromatic nitrogens is 1. The Morgan fingerprint density at radius 3 is 2.55 bits per heavy atom. The maximum atomic E-state index is 11.9. The molecule has 0 spiro atoms. The fourth-order valence-electron chi connectivity index (χ4n) is 2.74. The number of nitrogens with one attached hydrogen (secondary N) is 2. The fourth-order valence-corrected chi connectivity index (χ4v) is 2.74. The summed E-state index contributed by atoms with van der Waals surface area (Å²) in [7, 11) is 0. The van der Waals surface area contributed by atoms with Crippen molar-refractivity contribution in [2.45, 2.75) is 51.4 Å². The highest BCUT2D eigenvalue weighted by Crippen LogP contribution is 2.37. The minimum atomic E-state index is -0.263. The van der Waals surface area contributed by atoms with Gasteiger partial charge in [0.1, 0.15) is 0 Å². The molecule has 1 saturated heterocycles. The second kappa shape index (κ2) is 5.50. The summed E-state index contributed by atoms with van der Waals surface area (Å²) in [6, 6.07) is 3.70. The molecule has 2 N–H and O–H groups in total. The molecular weight excluding hydrogens is 254 g/mol. The van der Waals surface area contributed by atoms with Crippen LogP contribution in [0.5, 0.6) is 0 Å². The van der Waals surface area contributed by atoms with Gasteiger partial charge in [-0.05, 0) is 46.2 Å². The maximum Gasteiger partial charge on any atom is 0.238 e. The van der Waals surface area contributed by atoms with Crippen LogP contribution in [-0.4, -0.2) is 34.7 Å². The Morgan fingerprint density at radius 2 is 2.00 bits per heavy atom. The first-order valence-electron chi connectivity index (χ1n) is 6.92. The maximum absolute atomic E-state index is 11.9. The van der Waals surface area contributed by atoms with E-state index in [2.05, 4.69) is 43.3 Å². The molecule has 0 aliphatic carbocycles. The van der Waals surface area contributed by atoms with E-state index in [4.69, 9.17) is 4.74 Å². The minimum absolute atomic E-state index is 0.0586. The number of hydrogen-bond acceptors (Lipinski definition) is 4. The van der Waals surface area contributed by atoms with Gasteiger partial charge in [0.05, 0.1) is 17.7 Å². The van der Waals surface area contributed by atoms with Crippen molar-refractivity contribution in [2.24, 2.45) is 0 Å². The Morgan fingerprint density at radius 1 is 1.35 bits per heavy atom. The van der Waals surface area contributed by atoms with Crippen molar-refractivity contribution in [3.63, 3.8) is 0 Å². The molecule has 0 aromatic carbocycles. The molecule has 1 unspecified atom stereocenters. The topological polar surface area (TPSA) is 63.2 Å². The van der Waals surface area contributed by atoms with Crippen LogP contribution in [0.1, 0.15) is 34.1 Å². The molecule has 0 radical (unpaired) electrons. The van der Waals surface area contributed by atoms with Crippen LogP contribution < -0.4 is 10.6 Å². The van der Waals surface area contributed by atoms with Crippen LogP contribution in [0.15, 0.2) is 24.5 Å². The molecule has 110 valence electrons. The van der Waals surface area contributed by atoms with Crippen LogP contribution in [0.3, 0.4) is 0 Å². The van der Waals surface area contributed by atoms with Crippen molar-refractivity contribution < 1.29 is 9.53 Å². The summed E-state index contributed by atoms with van der Waals surface area (Å²) in [5, 5.41) is 6.13. The van der Waals surface area contributed by atoms with Crippen molar-refractivity contribution >= 4 is 11.6 Å². The minimum Gasteiger partial charge on any atom is -0.368 e. The quantitative estimate of drug-likeness (QED) is 0.883. The molecule has 1 aliphatic heterocycles. The van der Waals surface area contributed by atoms with Crippen LogP contribution in [0.25, 0.3) is 0 Å². The standard InChI is InChI=1S/C15H23N3O2/c1-14(2)9-12(15(3,4)20-14)17-10-13(19)18-11-5-7-16-8-6-11/h5-8,12,17H,9-10H2,1-4H3,(H,16,18,19). The van der Waals surface area contributed by atoms with Crippen LogP contribution >= 0.6 is 0 Å². The Kier molecular flexibility index (Phi) is 4.11. The predicted octanol–water partition coefficient (Wildman–Crippen LogP) is 1.96. The van der Waals surface area contributed by atoms with Crippen molar-refractivity contribution in [1.29, 1.82) is 0 Å². The zero-order valence-electron chi connectivity index (χ0n) is 12.6. The first-order valence-corrected chi connectivity index (χ1v) is 6.92. The van der Waals surface area contributed by atoms with Gasteiger partial charge >= 0.3 is 0 Å². The third kappa shape index (κ3) is 3.77. The van der Waals surface area contributed by atoms with Gasteiger partial charge in [0, 0.05) is 24.1 Å². The van der Waals surface area contributed by atoms with Gasteiger partial charge in [0.15, 0.2) is 0 Å². The molecule has 1 amide bonds. The van der Waals surface area contributed by atoms with Crippen LogP contribution in [0, 0.1) is 0 Å². The summed E-state index contributed by atoms with van der Waals surface area (Å²) >= 11 is 0. The number of anilines is 1. The van der Waals surface area contributed by atoms with Gasteiger partial charge in [-0.3, -0.25) is 9.78 Å². The second-order valence-electron chi connectivity index (χ2n) is 6.39. The zero-order chi connectivity index (χ0) is 14.8. The van der Waals surface area contributed by atoms with Gasteiger partial charge in [0.2, 0.25) is 5.91 Å². The van der Waals surface area contributed by atoms with E-state index in [1.165, 1.54) is 0 Å². The number of ether oxygens (including phenoxy) is 1. The highest BCUT2D eigenvalue weighted by molar-refractivity contribution is 5.92. The lowest BCUT2D eigenvalue weighted by atomic mass is 9.94. The molecule has 20 heavy (non-hydrogen) atoms. The van der Waals surface area contributed by atoms with E-state index in [1.54, 1.807) is 24.5 Å². The summed E-state index contributed by atoms with van der Waals surface area (Å²) in [6.07, 6.45) is 4.20. The van der Waals surface area contributed by atoms with Crippen molar-refractivity contribution in [1.82, 2.24) is 10.3 Å². The predicted molar refractivity (Wildman–Crippen MR) is 78.5 cm³/mol. The Balaban J connectivity index is 1.85. The number of rotatable bonds is 4. The summed E-state index contributed by atoms with van der Waals surface area (Å²) in [5.41, 5.74) is 0.345. The molecule has 1 aliphatic rings. The van der Waals surface area contributed by atoms with E-state index < -0.39 is 0 Å². The van der Waals surface area contributed by atoms with E-state index >= 15 is 0 Å². The molecule has 5 nitrogen and oxygen atoms in total. The average molecular weight is 277 g/mol. The Bertz CT molecular complexity index is 471. The number of carbonyl (C=O) groups excluding carboxylic acids is 1. The first-order chi connectivity index (χ1) is 9.28. The van der Waals surface area contributed by atoms with E-state index in [0.29, 0.717) is 0 Å². The van der Waals surface area contributed by atoms with Crippen LogP contribution in [-0.2, 0) is 9.53 Å². The summed E-state index contributed by atoms with van der Waals surface area (Å²) in [5.74, 6) is -0.0586. The lowest BCUT2D eigenvalue weighted by Crippen LogP contribution is -2.46. The fraction of sp³-hybridized carbons (Fsp3) is 0.600. The zero-order valence-corrected chi connectivity index (χ0v) is 12.6. The lowest BCUT2D eigenvalue weighted by molar-refractivity contribution is -0.115. The van der Waals surface area contributed by atoms with Crippen LogP contribution in [0.4, 0.5) is 5.69 Å². The molecule has 0 saturated carbocycles. The molecule has 1 atom stereocenters. The van der Waals surface area contributed by atoms with E-state index in [9.17, 15) is 4.79 Å². The van der Waals surface area contributed by atoms with Crippen molar-refractivity contribution in [3.8, 4) is 0 Å². The Labute approximate surface area is 120 Å². The summed E-state index contributed by atoms with van der Waals surface area (Å²) < 4.78 is 6.00. The molecule has 5 heteroatoms. The molecule has 1 aromatic heterocycles. The van der Waals surface area contributed by atoms with E-state index in [-0.39, 0.29) is 29.7 Å². The van der Waals surface area contributed by atoms with Gasteiger partial charge in [0.25, 0.3) is 0 Å². The third-order valence-corrected chi connectivity index (χ3v) is 3.55. The van der Waals surface area contributed by atoms with Gasteiger partial charge in [-0.15, -0.1) is 0 Å². The lowest BCUT2D eigenvalue weighted by Gasteiger charge is -2.27. The molecule has 2 rings (SSSR count). The number of amides is 1. The highest BCUT2D eigenvalue weighted by Gasteiger charge is 2.45. The monoisotopic (exact) mass is 277 g/mol. The number of pyridine rings is 1. The SMILES string of the molecule is CC1(C)CC(NCC(=O)Nc2ccncc2)C(C)(C)O1. The number of carbonyl (C=O) groups is 1.